The zero-order valence-electron chi connectivity index (χ0n) is 14.4. The normalized spacial score (nSPS) is 21.1. The van der Waals surface area contributed by atoms with Crippen LogP contribution >= 0.6 is 11.8 Å². The number of nitrogens with one attached hydrogen (secondary N) is 2. The van der Waals surface area contributed by atoms with Gasteiger partial charge in [-0.15, -0.1) is 11.8 Å². The highest BCUT2D eigenvalue weighted by molar-refractivity contribution is 7.99. The molecule has 1 aromatic rings. The molecule has 0 spiro atoms. The molecule has 0 unspecified atom stereocenters. The Morgan fingerprint density at radius 2 is 2.16 bits per heavy atom. The van der Waals surface area contributed by atoms with Gasteiger partial charge in [-0.1, -0.05) is 18.6 Å². The number of sulfonamides is 1. The number of benzene rings is 1. The second-order valence-corrected chi connectivity index (χ2v) is 9.44. The fourth-order valence-electron chi connectivity index (χ4n) is 3.01. The van der Waals surface area contributed by atoms with Crippen LogP contribution in [0.5, 0.6) is 0 Å². The van der Waals surface area contributed by atoms with Crippen molar-refractivity contribution < 1.29 is 13.2 Å². The lowest BCUT2D eigenvalue weighted by Gasteiger charge is -2.14. The monoisotopic (exact) mass is 380 g/mol. The van der Waals surface area contributed by atoms with Crippen LogP contribution in [0.2, 0.25) is 0 Å². The van der Waals surface area contributed by atoms with E-state index in [2.05, 4.69) is 16.1 Å². The molecule has 3 rings (SSSR count). The lowest BCUT2D eigenvalue weighted by Crippen LogP contribution is -2.25. The smallest absolute Gasteiger partial charge is 0.240 e. The fourth-order valence-corrected chi connectivity index (χ4v) is 5.08. The van der Waals surface area contributed by atoms with Gasteiger partial charge >= 0.3 is 0 Å². The molecule has 2 aliphatic rings. The van der Waals surface area contributed by atoms with Crippen LogP contribution in [0.4, 0.5) is 5.69 Å². The van der Waals surface area contributed by atoms with Crippen molar-refractivity contribution in [2.45, 2.75) is 48.8 Å². The SMILES string of the molecule is C[C@@H]1CSc2ccc(S(=O)(=O)NCCC3=CCCCC3)cc2NC1=O. The Morgan fingerprint density at radius 3 is 2.92 bits per heavy atom. The van der Waals surface area contributed by atoms with Gasteiger partial charge in [0.05, 0.1) is 10.6 Å². The van der Waals surface area contributed by atoms with Gasteiger partial charge < -0.3 is 5.32 Å². The highest BCUT2D eigenvalue weighted by Gasteiger charge is 2.22. The number of amides is 1. The van der Waals surface area contributed by atoms with E-state index in [1.807, 2.05) is 6.92 Å². The molecule has 2 N–H and O–H groups in total. The van der Waals surface area contributed by atoms with Crippen LogP contribution in [0, 0.1) is 5.92 Å². The average Bonchev–Trinajstić information content (AvgIpc) is 2.74. The summed E-state index contributed by atoms with van der Waals surface area (Å²) in [6, 6.07) is 4.94. The van der Waals surface area contributed by atoms with Crippen molar-refractivity contribution in [1.82, 2.24) is 4.72 Å². The molecule has 0 aromatic heterocycles. The molecule has 0 saturated heterocycles. The molecule has 0 saturated carbocycles. The summed E-state index contributed by atoms with van der Waals surface area (Å²) in [5.74, 6) is 0.524. The first kappa shape index (κ1) is 18.5. The number of anilines is 1. The lowest BCUT2D eigenvalue weighted by molar-refractivity contribution is -0.118. The summed E-state index contributed by atoms with van der Waals surface area (Å²) in [7, 11) is -3.58. The molecular weight excluding hydrogens is 356 g/mol. The maximum atomic E-state index is 12.5. The Morgan fingerprint density at radius 1 is 1.32 bits per heavy atom. The third-order valence-corrected chi connectivity index (χ3v) is 7.37. The van der Waals surface area contributed by atoms with E-state index in [4.69, 9.17) is 0 Å². The Kier molecular flexibility index (Phi) is 5.86. The molecule has 0 bridgehead atoms. The summed E-state index contributed by atoms with van der Waals surface area (Å²) >= 11 is 1.57. The maximum absolute atomic E-state index is 12.5. The largest absolute Gasteiger partial charge is 0.325 e. The van der Waals surface area contributed by atoms with E-state index in [-0.39, 0.29) is 16.7 Å². The van der Waals surface area contributed by atoms with Crippen molar-refractivity contribution in [3.8, 4) is 0 Å². The molecule has 1 heterocycles. The first-order valence-electron chi connectivity index (χ1n) is 8.71. The minimum Gasteiger partial charge on any atom is -0.325 e. The van der Waals surface area contributed by atoms with Crippen LogP contribution in [0.1, 0.15) is 39.0 Å². The van der Waals surface area contributed by atoms with Crippen LogP contribution in [-0.2, 0) is 14.8 Å². The number of carbonyl (C=O) groups excluding carboxylic acids is 1. The number of hydrogen-bond acceptors (Lipinski definition) is 4. The summed E-state index contributed by atoms with van der Waals surface area (Å²) in [5, 5.41) is 2.83. The summed E-state index contributed by atoms with van der Waals surface area (Å²) in [5.41, 5.74) is 1.92. The van der Waals surface area contributed by atoms with Crippen LogP contribution in [-0.4, -0.2) is 26.6 Å². The highest BCUT2D eigenvalue weighted by Crippen LogP contribution is 2.34. The minimum absolute atomic E-state index is 0.0713. The van der Waals surface area contributed by atoms with Crippen molar-refractivity contribution in [2.75, 3.05) is 17.6 Å². The van der Waals surface area contributed by atoms with Gasteiger partial charge in [0.1, 0.15) is 0 Å². The number of allylic oxidation sites excluding steroid dienone is 1. The van der Waals surface area contributed by atoms with Crippen molar-refractivity contribution in [3.63, 3.8) is 0 Å². The van der Waals surface area contributed by atoms with Gasteiger partial charge in [0.15, 0.2) is 0 Å². The van der Waals surface area contributed by atoms with Gasteiger partial charge in [-0.25, -0.2) is 13.1 Å². The third-order valence-electron chi connectivity index (χ3n) is 4.58. The topological polar surface area (TPSA) is 75.3 Å². The predicted octanol–water partition coefficient (Wildman–Crippen LogP) is 3.54. The quantitative estimate of drug-likeness (QED) is 0.766. The molecular formula is C18H24N2O3S2. The average molecular weight is 381 g/mol. The number of carbonyl (C=O) groups is 1. The number of rotatable bonds is 5. The molecule has 136 valence electrons. The zero-order valence-corrected chi connectivity index (χ0v) is 16.0. The first-order chi connectivity index (χ1) is 12.0. The third kappa shape index (κ3) is 4.65. The van der Waals surface area contributed by atoms with Gasteiger partial charge in [0, 0.05) is 23.1 Å². The molecule has 1 amide bonds. The molecule has 1 atom stereocenters. The zero-order chi connectivity index (χ0) is 17.9. The van der Waals surface area contributed by atoms with Gasteiger partial charge in [0.25, 0.3) is 0 Å². The van der Waals surface area contributed by atoms with Crippen LogP contribution in [0.25, 0.3) is 0 Å². The Balaban J connectivity index is 1.69. The molecule has 7 heteroatoms. The van der Waals surface area contributed by atoms with Crippen LogP contribution < -0.4 is 10.0 Å². The molecule has 1 aromatic carbocycles. The maximum Gasteiger partial charge on any atom is 0.240 e. The van der Waals surface area contributed by atoms with Gasteiger partial charge in [0.2, 0.25) is 15.9 Å². The Labute approximate surface area is 153 Å². The van der Waals surface area contributed by atoms with Crippen molar-refractivity contribution in [3.05, 3.63) is 29.8 Å². The molecule has 0 fully saturated rings. The van der Waals surface area contributed by atoms with Crippen molar-refractivity contribution in [2.24, 2.45) is 5.92 Å². The van der Waals surface area contributed by atoms with E-state index in [1.165, 1.54) is 18.4 Å². The van der Waals surface area contributed by atoms with E-state index in [9.17, 15) is 13.2 Å². The molecule has 25 heavy (non-hydrogen) atoms. The minimum atomic E-state index is -3.58. The molecule has 0 radical (unpaired) electrons. The Hall–Kier alpha value is -1.31. The van der Waals surface area contributed by atoms with Gasteiger partial charge in [-0.05, 0) is 50.3 Å². The van der Waals surface area contributed by atoms with E-state index in [0.29, 0.717) is 18.0 Å². The highest BCUT2D eigenvalue weighted by atomic mass is 32.2. The predicted molar refractivity (Wildman–Crippen MR) is 101 cm³/mol. The van der Waals surface area contributed by atoms with Gasteiger partial charge in [-0.2, -0.15) is 0 Å². The standard InChI is InChI=1S/C18H24N2O3S2/c1-13-12-24-17-8-7-15(11-16(17)20-18(13)21)25(22,23)19-10-9-14-5-3-2-4-6-14/h5,7-8,11,13,19H,2-4,6,9-10,12H2,1H3,(H,20,21)/t13-/m1/s1. The van der Waals surface area contributed by atoms with Gasteiger partial charge in [-0.3, -0.25) is 4.79 Å². The van der Waals surface area contributed by atoms with E-state index in [0.717, 1.165) is 24.2 Å². The fraction of sp³-hybridized carbons (Fsp3) is 0.500. The summed E-state index contributed by atoms with van der Waals surface area (Å²) in [6.07, 6.45) is 7.58. The summed E-state index contributed by atoms with van der Waals surface area (Å²) < 4.78 is 27.8. The van der Waals surface area contributed by atoms with Crippen molar-refractivity contribution in [1.29, 1.82) is 0 Å². The number of hydrogen-bond donors (Lipinski definition) is 2. The molecule has 5 nitrogen and oxygen atoms in total. The van der Waals surface area contributed by atoms with Crippen LogP contribution in [0.3, 0.4) is 0 Å². The summed E-state index contributed by atoms with van der Waals surface area (Å²) in [6.45, 7) is 2.27. The van der Waals surface area contributed by atoms with E-state index < -0.39 is 10.0 Å². The summed E-state index contributed by atoms with van der Waals surface area (Å²) in [4.78, 5) is 13.1. The van der Waals surface area contributed by atoms with Crippen LogP contribution in [0.15, 0.2) is 39.6 Å². The Bertz CT molecular complexity index is 788. The molecule has 1 aliphatic carbocycles. The van der Waals surface area contributed by atoms with E-state index in [1.54, 1.807) is 30.0 Å². The van der Waals surface area contributed by atoms with Crippen molar-refractivity contribution >= 4 is 33.4 Å². The second kappa shape index (κ2) is 7.93. The number of fused-ring (bicyclic) bond motifs is 1. The molecule has 1 aliphatic heterocycles. The van der Waals surface area contributed by atoms with E-state index >= 15 is 0 Å². The lowest BCUT2D eigenvalue weighted by atomic mass is 9.97. The number of thioether (sulfide) groups is 1. The second-order valence-electron chi connectivity index (χ2n) is 6.62. The first-order valence-corrected chi connectivity index (χ1v) is 11.2.